The van der Waals surface area contributed by atoms with Crippen molar-refractivity contribution in [2.45, 2.75) is 69.6 Å². The molecule has 3 rings (SSSR count). The van der Waals surface area contributed by atoms with E-state index in [9.17, 15) is 9.90 Å². The van der Waals surface area contributed by atoms with Crippen molar-refractivity contribution in [3.05, 3.63) is 0 Å². The number of hydrogen-bond acceptors (Lipinski definition) is 4. The first-order valence-electron chi connectivity index (χ1n) is 7.67. The van der Waals surface area contributed by atoms with Crippen molar-refractivity contribution in [2.75, 3.05) is 7.11 Å². The second-order valence-corrected chi connectivity index (χ2v) is 8.53. The molecule has 0 amide bonds. The molecule has 6 unspecified atom stereocenters. The summed E-state index contributed by atoms with van der Waals surface area (Å²) in [6.07, 6.45) is 1.99. The van der Waals surface area contributed by atoms with Crippen molar-refractivity contribution in [1.29, 1.82) is 0 Å². The fourth-order valence-corrected chi connectivity index (χ4v) is 5.83. The van der Waals surface area contributed by atoms with Crippen LogP contribution in [-0.2, 0) is 14.3 Å². The molecule has 6 atom stereocenters. The average molecular weight is 317 g/mol. The van der Waals surface area contributed by atoms with Gasteiger partial charge >= 0.3 is 5.97 Å². The Labute approximate surface area is 131 Å². The van der Waals surface area contributed by atoms with Gasteiger partial charge in [-0.15, -0.1) is 11.6 Å². The summed E-state index contributed by atoms with van der Waals surface area (Å²) < 4.78 is 11.2. The third-order valence-corrected chi connectivity index (χ3v) is 7.29. The lowest BCUT2D eigenvalue weighted by Gasteiger charge is -2.59. The Balaban J connectivity index is 2.13. The summed E-state index contributed by atoms with van der Waals surface area (Å²) in [6, 6.07) is 0. The first kappa shape index (κ1) is 15.6. The Morgan fingerprint density at radius 2 is 1.95 bits per heavy atom. The number of rotatable bonds is 1. The van der Waals surface area contributed by atoms with Crippen molar-refractivity contribution in [3.8, 4) is 0 Å². The fourth-order valence-electron chi connectivity index (χ4n) is 5.56. The predicted octanol–water partition coefficient (Wildman–Crippen LogP) is 2.50. The van der Waals surface area contributed by atoms with Crippen molar-refractivity contribution in [3.63, 3.8) is 0 Å². The van der Waals surface area contributed by atoms with Gasteiger partial charge in [-0.25, -0.2) is 0 Å². The molecule has 5 heteroatoms. The summed E-state index contributed by atoms with van der Waals surface area (Å²) in [6.45, 7) is 8.03. The highest BCUT2D eigenvalue weighted by Crippen LogP contribution is 2.74. The van der Waals surface area contributed by atoms with Gasteiger partial charge in [0, 0.05) is 22.6 Å². The Kier molecular flexibility index (Phi) is 3.08. The van der Waals surface area contributed by atoms with Crippen LogP contribution in [0, 0.1) is 16.7 Å². The van der Waals surface area contributed by atoms with Crippen LogP contribution in [-0.4, -0.2) is 40.9 Å². The number of halogens is 1. The number of carbonyl (C=O) groups excluding carboxylic acids is 1. The minimum atomic E-state index is -1.11. The maximum absolute atomic E-state index is 12.4. The third kappa shape index (κ3) is 1.62. The highest BCUT2D eigenvalue weighted by Gasteiger charge is 2.83. The fraction of sp³-hybridized carbons (Fsp3) is 0.938. The second kappa shape index (κ2) is 4.15. The van der Waals surface area contributed by atoms with E-state index in [4.69, 9.17) is 21.1 Å². The number of carbonyl (C=O) groups is 1. The second-order valence-electron chi connectivity index (χ2n) is 8.00. The summed E-state index contributed by atoms with van der Waals surface area (Å²) in [4.78, 5) is 12.4. The number of hydrogen-bond donors (Lipinski definition) is 1. The van der Waals surface area contributed by atoms with Crippen LogP contribution < -0.4 is 0 Å². The van der Waals surface area contributed by atoms with Crippen LogP contribution in [0.25, 0.3) is 0 Å². The molecule has 0 aromatic rings. The van der Waals surface area contributed by atoms with E-state index in [1.54, 1.807) is 6.92 Å². The van der Waals surface area contributed by atoms with Crippen LogP contribution in [0.3, 0.4) is 0 Å². The maximum atomic E-state index is 12.4. The molecule has 0 aromatic carbocycles. The molecule has 4 nitrogen and oxygen atoms in total. The van der Waals surface area contributed by atoms with E-state index in [1.165, 1.54) is 7.11 Å². The molecule has 3 aliphatic rings. The van der Waals surface area contributed by atoms with Crippen molar-refractivity contribution in [1.82, 2.24) is 0 Å². The van der Waals surface area contributed by atoms with Crippen molar-refractivity contribution >= 4 is 17.6 Å². The van der Waals surface area contributed by atoms with E-state index in [1.807, 2.05) is 0 Å². The van der Waals surface area contributed by atoms with Gasteiger partial charge in [-0.3, -0.25) is 4.79 Å². The molecule has 1 heterocycles. The molecule has 1 spiro atoms. The van der Waals surface area contributed by atoms with Crippen LogP contribution in [0.15, 0.2) is 0 Å². The van der Waals surface area contributed by atoms with Gasteiger partial charge in [-0.1, -0.05) is 20.8 Å². The molecule has 2 saturated carbocycles. The summed E-state index contributed by atoms with van der Waals surface area (Å²) in [5.41, 5.74) is -2.25. The van der Waals surface area contributed by atoms with Gasteiger partial charge in [0.15, 0.2) is 0 Å². The van der Waals surface area contributed by atoms with Gasteiger partial charge in [0.2, 0.25) is 0 Å². The lowest BCUT2D eigenvalue weighted by molar-refractivity contribution is -0.186. The first-order valence-corrected chi connectivity index (χ1v) is 8.10. The van der Waals surface area contributed by atoms with Gasteiger partial charge < -0.3 is 14.6 Å². The zero-order valence-corrected chi connectivity index (χ0v) is 14.2. The lowest BCUT2D eigenvalue weighted by Crippen LogP contribution is -2.67. The van der Waals surface area contributed by atoms with Gasteiger partial charge in [-0.2, -0.15) is 0 Å². The van der Waals surface area contributed by atoms with Crippen LogP contribution in [0.5, 0.6) is 0 Å². The summed E-state index contributed by atoms with van der Waals surface area (Å²) in [7, 11) is 1.38. The topological polar surface area (TPSA) is 59.1 Å². The number of epoxide rings is 1. The van der Waals surface area contributed by atoms with Crippen LogP contribution in [0.2, 0.25) is 0 Å². The first-order chi connectivity index (χ1) is 9.54. The van der Waals surface area contributed by atoms with Gasteiger partial charge in [0.1, 0.15) is 5.60 Å². The molecular weight excluding hydrogens is 292 g/mol. The summed E-state index contributed by atoms with van der Waals surface area (Å²) in [5.74, 6) is -0.933. The lowest BCUT2D eigenvalue weighted by atomic mass is 9.45. The van der Waals surface area contributed by atoms with Crippen LogP contribution in [0.1, 0.15) is 47.0 Å². The Morgan fingerprint density at radius 3 is 2.52 bits per heavy atom. The number of methoxy groups -OCH3 is 1. The monoisotopic (exact) mass is 316 g/mol. The highest BCUT2D eigenvalue weighted by molar-refractivity contribution is 6.21. The van der Waals surface area contributed by atoms with E-state index in [2.05, 4.69) is 20.8 Å². The Morgan fingerprint density at radius 1 is 1.33 bits per heavy atom. The third-order valence-electron chi connectivity index (χ3n) is 6.52. The molecular formula is C16H25ClO4. The Bertz CT molecular complexity index is 489. The van der Waals surface area contributed by atoms with Gasteiger partial charge in [-0.05, 0) is 19.8 Å². The van der Waals surface area contributed by atoms with Gasteiger partial charge in [0.05, 0.1) is 24.7 Å². The zero-order chi connectivity index (χ0) is 15.8. The van der Waals surface area contributed by atoms with Crippen molar-refractivity contribution < 1.29 is 19.4 Å². The molecule has 21 heavy (non-hydrogen) atoms. The molecule has 1 N–H and O–H groups in total. The molecule has 2 aliphatic carbocycles. The quantitative estimate of drug-likeness (QED) is 0.459. The minimum absolute atomic E-state index is 0.0110. The summed E-state index contributed by atoms with van der Waals surface area (Å²) in [5, 5.41) is 10.9. The maximum Gasteiger partial charge on any atom is 0.312 e. The number of ether oxygens (including phenoxy) is 2. The van der Waals surface area contributed by atoms with E-state index < -0.39 is 22.5 Å². The molecule has 0 bridgehead atoms. The van der Waals surface area contributed by atoms with Crippen molar-refractivity contribution in [2.24, 2.45) is 16.7 Å². The average Bonchev–Trinajstić information content (AvgIpc) is 3.08. The molecule has 1 aliphatic heterocycles. The van der Waals surface area contributed by atoms with E-state index in [0.29, 0.717) is 6.42 Å². The van der Waals surface area contributed by atoms with Crippen LogP contribution >= 0.6 is 11.6 Å². The van der Waals surface area contributed by atoms with E-state index in [-0.39, 0.29) is 22.9 Å². The molecule has 0 aromatic heterocycles. The molecule has 3 fully saturated rings. The number of alkyl halides is 1. The summed E-state index contributed by atoms with van der Waals surface area (Å²) >= 11 is 6.58. The molecule has 1 saturated heterocycles. The number of esters is 1. The van der Waals surface area contributed by atoms with Crippen LogP contribution in [0.4, 0.5) is 0 Å². The standard InChI is InChI=1S/C16H25ClO4/c1-13(2)9(17)6-7-14(3)11(12(18)20-5)15(4,19)8-10-16(13,14)21-10/h9-11,19H,6-8H2,1-5H3. The number of aliphatic hydroxyl groups is 1. The van der Waals surface area contributed by atoms with E-state index >= 15 is 0 Å². The smallest absolute Gasteiger partial charge is 0.312 e. The minimum Gasteiger partial charge on any atom is -0.469 e. The van der Waals surface area contributed by atoms with E-state index in [0.717, 1.165) is 12.8 Å². The molecule has 0 radical (unpaired) electrons. The highest BCUT2D eigenvalue weighted by atomic mass is 35.5. The zero-order valence-electron chi connectivity index (χ0n) is 13.4. The normalized spacial score (nSPS) is 54.3. The molecule has 120 valence electrons. The van der Waals surface area contributed by atoms with Gasteiger partial charge in [0.25, 0.3) is 0 Å². The Hall–Kier alpha value is -0.320. The largest absolute Gasteiger partial charge is 0.469 e. The predicted molar refractivity (Wildman–Crippen MR) is 79.1 cm³/mol. The SMILES string of the molecule is COC(=O)C1C(C)(O)CC2OC23C(C)(C)C(Cl)CCC13C.